The van der Waals surface area contributed by atoms with E-state index in [0.29, 0.717) is 22.8 Å². The van der Waals surface area contributed by atoms with Gasteiger partial charge in [0.1, 0.15) is 4.88 Å². The number of aromatic nitrogens is 1. The fourth-order valence-corrected chi connectivity index (χ4v) is 3.97. The molecule has 0 bridgehead atoms. The molecule has 2 heterocycles. The average molecular weight is 461 g/mol. The zero-order valence-electron chi connectivity index (χ0n) is 17.3. The molecule has 0 saturated carbocycles. The van der Waals surface area contributed by atoms with Gasteiger partial charge in [0.15, 0.2) is 0 Å². The Morgan fingerprint density at radius 2 is 1.94 bits per heavy atom. The van der Waals surface area contributed by atoms with Gasteiger partial charge in [-0.1, -0.05) is 24.3 Å². The minimum atomic E-state index is -0.696. The Hall–Kier alpha value is -4.44. The summed E-state index contributed by atoms with van der Waals surface area (Å²) in [5.74, 6) is -0.773. The first-order chi connectivity index (χ1) is 16.0. The molecule has 4 aromatic rings. The summed E-state index contributed by atoms with van der Waals surface area (Å²) in [6.07, 6.45) is 2.86. The molecule has 1 amide bonds. The number of anilines is 3. The molecule has 0 atom stereocenters. The van der Waals surface area contributed by atoms with Gasteiger partial charge in [-0.15, -0.1) is 11.3 Å². The quantitative estimate of drug-likeness (QED) is 0.223. The maximum atomic E-state index is 12.9. The van der Waals surface area contributed by atoms with E-state index in [0.717, 1.165) is 28.4 Å². The molecule has 0 aliphatic heterocycles. The molecule has 0 aliphatic carbocycles. The van der Waals surface area contributed by atoms with Crippen molar-refractivity contribution >= 4 is 45.2 Å². The molecule has 0 radical (unpaired) electrons. The van der Waals surface area contributed by atoms with Crippen LogP contribution < -0.4 is 21.7 Å². The minimum absolute atomic E-state index is 0.260. The Labute approximate surface area is 193 Å². The molecule has 166 valence electrons. The topological polar surface area (TPSA) is 135 Å². The number of pyridine rings is 1. The third kappa shape index (κ3) is 5.25. The molecule has 0 aliphatic rings. The van der Waals surface area contributed by atoms with Gasteiger partial charge in [0.2, 0.25) is 0 Å². The van der Waals surface area contributed by atoms with Crippen LogP contribution in [0.25, 0.3) is 10.9 Å². The van der Waals surface area contributed by atoms with Crippen LogP contribution in [0, 0.1) is 10.1 Å². The first-order valence-electron chi connectivity index (χ1n) is 9.93. The second-order valence-electron chi connectivity index (χ2n) is 7.01. The van der Waals surface area contributed by atoms with Crippen LogP contribution in [0.4, 0.5) is 17.1 Å². The third-order valence-corrected chi connectivity index (χ3v) is 5.71. The number of nitrogens with zero attached hydrogens (tertiary/aromatic N) is 2. The largest absolute Gasteiger partial charge is 0.380 e. The van der Waals surface area contributed by atoms with Crippen LogP contribution in [-0.4, -0.2) is 15.8 Å². The molecule has 33 heavy (non-hydrogen) atoms. The first-order valence-corrected chi connectivity index (χ1v) is 10.8. The SMILES string of the molecule is NC(=CNc1cccc(NC(=O)c2sccc2NCc2ccnc3ccccc23)c1)[N+](=O)[O-]. The Kier molecular flexibility index (Phi) is 6.46. The highest BCUT2D eigenvalue weighted by Gasteiger charge is 2.14. The van der Waals surface area contributed by atoms with E-state index >= 15 is 0 Å². The van der Waals surface area contributed by atoms with Crippen molar-refractivity contribution in [3.05, 3.63) is 105 Å². The van der Waals surface area contributed by atoms with Crippen molar-refractivity contribution in [3.63, 3.8) is 0 Å². The molecule has 9 nitrogen and oxygen atoms in total. The molecule has 0 unspecified atom stereocenters. The van der Waals surface area contributed by atoms with E-state index < -0.39 is 10.7 Å². The zero-order chi connectivity index (χ0) is 23.2. The summed E-state index contributed by atoms with van der Waals surface area (Å²) in [6.45, 7) is 0.545. The number of nitro groups is 1. The molecule has 2 aromatic carbocycles. The lowest BCUT2D eigenvalue weighted by atomic mass is 10.1. The van der Waals surface area contributed by atoms with Crippen molar-refractivity contribution in [1.29, 1.82) is 0 Å². The standard InChI is InChI=1S/C23H20N6O3S/c24-21(29(31)32)14-26-16-4-3-5-17(12-16)28-23(30)22-20(9-11-33-22)27-13-15-8-10-25-19-7-2-1-6-18(15)19/h1-12,14,26-27H,13,24H2,(H,28,30). The van der Waals surface area contributed by atoms with Crippen molar-refractivity contribution in [1.82, 2.24) is 4.98 Å². The van der Waals surface area contributed by atoms with E-state index in [2.05, 4.69) is 20.9 Å². The van der Waals surface area contributed by atoms with Crippen LogP contribution in [0.5, 0.6) is 0 Å². The number of carbonyl (C=O) groups excluding carboxylic acids is 1. The van der Waals surface area contributed by atoms with Crippen molar-refractivity contribution in [3.8, 4) is 0 Å². The number of hydrogen-bond acceptors (Lipinski definition) is 8. The number of carbonyl (C=O) groups is 1. The van der Waals surface area contributed by atoms with Gasteiger partial charge in [0.25, 0.3) is 5.91 Å². The Balaban J connectivity index is 1.44. The average Bonchev–Trinajstić information content (AvgIpc) is 3.30. The normalized spacial score (nSPS) is 11.2. The van der Waals surface area contributed by atoms with Crippen molar-refractivity contribution in [2.24, 2.45) is 5.73 Å². The second kappa shape index (κ2) is 9.79. The van der Waals surface area contributed by atoms with E-state index in [9.17, 15) is 14.9 Å². The minimum Gasteiger partial charge on any atom is -0.380 e. The lowest BCUT2D eigenvalue weighted by Gasteiger charge is -2.11. The predicted octanol–water partition coefficient (Wildman–Crippen LogP) is 4.61. The number of para-hydroxylation sites is 1. The fourth-order valence-electron chi connectivity index (χ4n) is 3.21. The van der Waals surface area contributed by atoms with Crippen LogP contribution in [0.1, 0.15) is 15.2 Å². The van der Waals surface area contributed by atoms with Gasteiger partial charge in [-0.2, -0.15) is 0 Å². The summed E-state index contributed by atoms with van der Waals surface area (Å²) < 4.78 is 0. The van der Waals surface area contributed by atoms with Gasteiger partial charge in [-0.05, 0) is 52.3 Å². The van der Waals surface area contributed by atoms with E-state index in [1.54, 1.807) is 30.5 Å². The van der Waals surface area contributed by atoms with Gasteiger partial charge in [-0.25, -0.2) is 0 Å². The lowest BCUT2D eigenvalue weighted by molar-refractivity contribution is -0.426. The number of nitrogens with two attached hydrogens (primary N) is 1. The third-order valence-electron chi connectivity index (χ3n) is 4.80. The molecule has 4 rings (SSSR count). The molecule has 0 fully saturated rings. The van der Waals surface area contributed by atoms with E-state index in [4.69, 9.17) is 5.73 Å². The van der Waals surface area contributed by atoms with E-state index in [1.165, 1.54) is 11.3 Å². The van der Waals surface area contributed by atoms with Crippen molar-refractivity contribution < 1.29 is 9.72 Å². The summed E-state index contributed by atoms with van der Waals surface area (Å²) in [5.41, 5.74) is 9.11. The van der Waals surface area contributed by atoms with Crippen LogP contribution in [0.3, 0.4) is 0 Å². The smallest absolute Gasteiger partial charge is 0.330 e. The molecule has 10 heteroatoms. The highest BCUT2D eigenvalue weighted by Crippen LogP contribution is 2.26. The maximum Gasteiger partial charge on any atom is 0.330 e. The molecular formula is C23H20N6O3S. The molecule has 2 aromatic heterocycles. The van der Waals surface area contributed by atoms with Crippen molar-refractivity contribution in [2.45, 2.75) is 6.54 Å². The van der Waals surface area contributed by atoms with Crippen LogP contribution in [-0.2, 0) is 6.54 Å². The highest BCUT2D eigenvalue weighted by atomic mass is 32.1. The van der Waals surface area contributed by atoms with Crippen LogP contribution in [0.15, 0.2) is 84.3 Å². The highest BCUT2D eigenvalue weighted by molar-refractivity contribution is 7.12. The van der Waals surface area contributed by atoms with Gasteiger partial charge in [0, 0.05) is 29.5 Å². The molecule has 5 N–H and O–H groups in total. The number of nitrogens with one attached hydrogen (secondary N) is 3. The van der Waals surface area contributed by atoms with Gasteiger partial charge in [0.05, 0.1) is 17.4 Å². The number of fused-ring (bicyclic) bond motifs is 1. The van der Waals surface area contributed by atoms with Gasteiger partial charge in [-0.3, -0.25) is 15.5 Å². The lowest BCUT2D eigenvalue weighted by Crippen LogP contribution is -2.13. The van der Waals surface area contributed by atoms with Crippen LogP contribution >= 0.6 is 11.3 Å². The summed E-state index contributed by atoms with van der Waals surface area (Å²) in [4.78, 5) is 27.7. The Morgan fingerprint density at radius 1 is 1.12 bits per heavy atom. The summed E-state index contributed by atoms with van der Waals surface area (Å²) in [7, 11) is 0. The second-order valence-corrected chi connectivity index (χ2v) is 7.93. The summed E-state index contributed by atoms with van der Waals surface area (Å²) >= 11 is 1.33. The summed E-state index contributed by atoms with van der Waals surface area (Å²) in [6, 6.07) is 18.5. The maximum absolute atomic E-state index is 12.9. The first kappa shape index (κ1) is 21.8. The summed E-state index contributed by atoms with van der Waals surface area (Å²) in [5, 5.41) is 22.5. The fraction of sp³-hybridized carbons (Fsp3) is 0.0435. The number of hydrogen-bond donors (Lipinski definition) is 4. The Morgan fingerprint density at radius 3 is 2.79 bits per heavy atom. The zero-order valence-corrected chi connectivity index (χ0v) is 18.1. The molecule has 0 saturated heterocycles. The number of amides is 1. The monoisotopic (exact) mass is 460 g/mol. The van der Waals surface area contributed by atoms with Gasteiger partial charge >= 0.3 is 5.82 Å². The molecular weight excluding hydrogens is 440 g/mol. The number of benzene rings is 2. The van der Waals surface area contributed by atoms with E-state index in [1.807, 2.05) is 41.8 Å². The van der Waals surface area contributed by atoms with Crippen molar-refractivity contribution in [2.75, 3.05) is 16.0 Å². The van der Waals surface area contributed by atoms with Gasteiger partial charge < -0.3 is 26.1 Å². The molecule has 0 spiro atoms. The Bertz CT molecular complexity index is 1350. The van der Waals surface area contributed by atoms with Crippen LogP contribution in [0.2, 0.25) is 0 Å². The van der Waals surface area contributed by atoms with E-state index in [-0.39, 0.29) is 5.91 Å². The number of thiophene rings is 1. The predicted molar refractivity (Wildman–Crippen MR) is 131 cm³/mol. The number of rotatable bonds is 8.